The second-order valence-corrected chi connectivity index (χ2v) is 9.36. The van der Waals surface area contributed by atoms with Crippen LogP contribution < -0.4 is 5.56 Å². The molecule has 0 radical (unpaired) electrons. The van der Waals surface area contributed by atoms with E-state index in [0.29, 0.717) is 28.2 Å². The first-order valence-corrected chi connectivity index (χ1v) is 11.9. The van der Waals surface area contributed by atoms with Crippen LogP contribution in [0.25, 0.3) is 0 Å². The minimum Gasteiger partial charge on any atom is -0.337 e. The molecule has 0 saturated heterocycles. The maximum Gasteiger partial charge on any atom is 0.251 e. The van der Waals surface area contributed by atoms with E-state index in [1.807, 2.05) is 41.3 Å². The molecule has 0 aliphatic carbocycles. The van der Waals surface area contributed by atoms with Crippen molar-refractivity contribution in [3.05, 3.63) is 86.8 Å². The maximum atomic E-state index is 12.7. The van der Waals surface area contributed by atoms with Crippen molar-refractivity contribution in [2.24, 2.45) is 0 Å². The summed E-state index contributed by atoms with van der Waals surface area (Å²) < 4.78 is 0. The van der Waals surface area contributed by atoms with E-state index in [1.54, 1.807) is 11.8 Å². The first-order valence-electron chi connectivity index (χ1n) is 9.53. The van der Waals surface area contributed by atoms with E-state index in [-0.39, 0.29) is 17.2 Å². The second-order valence-electron chi connectivity index (χ2n) is 6.91. The highest BCUT2D eigenvalue weighted by Crippen LogP contribution is 2.24. The topological polar surface area (TPSA) is 66.1 Å². The zero-order chi connectivity index (χ0) is 20.9. The van der Waals surface area contributed by atoms with E-state index in [9.17, 15) is 9.59 Å². The van der Waals surface area contributed by atoms with Crippen molar-refractivity contribution < 1.29 is 4.79 Å². The average Bonchev–Trinajstić information content (AvgIpc) is 2.76. The Bertz CT molecular complexity index is 1100. The van der Waals surface area contributed by atoms with Crippen LogP contribution in [0.3, 0.4) is 0 Å². The Labute approximate surface area is 188 Å². The Balaban J connectivity index is 1.35. The average molecular weight is 458 g/mol. The van der Waals surface area contributed by atoms with Gasteiger partial charge < -0.3 is 9.88 Å². The number of nitrogens with zero attached hydrogens (tertiary/aromatic N) is 2. The number of thioether (sulfide) groups is 2. The molecule has 1 amide bonds. The predicted octanol–water partition coefficient (Wildman–Crippen LogP) is 4.39. The van der Waals surface area contributed by atoms with Crippen LogP contribution in [-0.2, 0) is 23.5 Å². The summed E-state index contributed by atoms with van der Waals surface area (Å²) >= 11 is 8.76. The van der Waals surface area contributed by atoms with E-state index in [4.69, 9.17) is 11.6 Å². The van der Waals surface area contributed by atoms with Gasteiger partial charge in [0.25, 0.3) is 5.56 Å². The number of hydrogen-bond donors (Lipinski definition) is 1. The van der Waals surface area contributed by atoms with Gasteiger partial charge in [0, 0.05) is 34.8 Å². The quantitative estimate of drug-likeness (QED) is 0.439. The van der Waals surface area contributed by atoms with Crippen molar-refractivity contribution in [1.29, 1.82) is 0 Å². The summed E-state index contributed by atoms with van der Waals surface area (Å²) in [7, 11) is 0. The van der Waals surface area contributed by atoms with Gasteiger partial charge in [-0.15, -0.1) is 11.8 Å². The van der Waals surface area contributed by atoms with Gasteiger partial charge in [-0.1, -0.05) is 47.6 Å². The molecule has 0 atom stereocenters. The lowest BCUT2D eigenvalue weighted by Gasteiger charge is -2.28. The second kappa shape index (κ2) is 9.73. The molecule has 30 heavy (non-hydrogen) atoms. The number of nitrogens with one attached hydrogen (secondary N) is 1. The largest absolute Gasteiger partial charge is 0.337 e. The minimum absolute atomic E-state index is 0.0538. The molecular formula is C22H20ClN3O2S2. The van der Waals surface area contributed by atoms with Crippen LogP contribution in [0.5, 0.6) is 0 Å². The highest BCUT2D eigenvalue weighted by molar-refractivity contribution is 7.99. The first-order chi connectivity index (χ1) is 14.6. The number of hydrogen-bond acceptors (Lipinski definition) is 5. The fraction of sp³-hybridized carbons (Fsp3) is 0.227. The van der Waals surface area contributed by atoms with Gasteiger partial charge in [-0.05, 0) is 41.8 Å². The Kier molecular flexibility index (Phi) is 6.82. The predicted molar refractivity (Wildman–Crippen MR) is 122 cm³/mol. The molecule has 5 nitrogen and oxygen atoms in total. The zero-order valence-electron chi connectivity index (χ0n) is 16.1. The van der Waals surface area contributed by atoms with Crippen LogP contribution in [0.15, 0.2) is 69.4 Å². The summed E-state index contributed by atoms with van der Waals surface area (Å²) in [4.78, 5) is 34.8. The van der Waals surface area contributed by atoms with Gasteiger partial charge in [-0.25, -0.2) is 4.98 Å². The Morgan fingerprint density at radius 2 is 1.87 bits per heavy atom. The van der Waals surface area contributed by atoms with Crippen molar-refractivity contribution >= 4 is 41.0 Å². The lowest BCUT2D eigenvalue weighted by atomic mass is 10.00. The van der Waals surface area contributed by atoms with Crippen LogP contribution in [0, 0.1) is 0 Å². The molecule has 8 heteroatoms. The normalized spacial score (nSPS) is 13.2. The minimum atomic E-state index is -0.210. The third-order valence-corrected chi connectivity index (χ3v) is 6.94. The van der Waals surface area contributed by atoms with Gasteiger partial charge in [0.05, 0.1) is 11.4 Å². The number of carbonyl (C=O) groups excluding carboxylic acids is 1. The molecule has 4 rings (SSSR count). The standard InChI is InChI=1S/C22H20ClN3O2S2/c23-17-5-7-19(8-6-17)29-13-18-11-20(27)25-22(24-18)30-14-21(28)26-10-9-15-3-1-2-4-16(15)12-26/h1-8,11H,9-10,12-14H2,(H,24,25,27). The maximum absolute atomic E-state index is 12.7. The molecular weight excluding hydrogens is 438 g/mol. The fourth-order valence-corrected chi connectivity index (χ4v) is 4.96. The lowest BCUT2D eigenvalue weighted by Crippen LogP contribution is -2.37. The van der Waals surface area contributed by atoms with E-state index in [0.717, 1.165) is 17.9 Å². The molecule has 0 bridgehead atoms. The number of H-pyrrole nitrogens is 1. The van der Waals surface area contributed by atoms with E-state index >= 15 is 0 Å². The van der Waals surface area contributed by atoms with Crippen LogP contribution in [0.1, 0.15) is 16.8 Å². The van der Waals surface area contributed by atoms with Crippen LogP contribution in [-0.4, -0.2) is 33.1 Å². The molecule has 2 aromatic carbocycles. The molecule has 1 N–H and O–H groups in total. The van der Waals surface area contributed by atoms with Gasteiger partial charge in [-0.2, -0.15) is 0 Å². The molecule has 1 aromatic heterocycles. The van der Waals surface area contributed by atoms with Crippen molar-refractivity contribution in [3.63, 3.8) is 0 Å². The Hall–Kier alpha value is -2.22. The van der Waals surface area contributed by atoms with E-state index in [2.05, 4.69) is 22.1 Å². The SMILES string of the molecule is O=C(CSc1nc(CSc2ccc(Cl)cc2)cc(=O)[nH]1)N1CCc2ccccc2C1. The molecule has 1 aliphatic rings. The fourth-order valence-electron chi connectivity index (χ4n) is 3.24. The number of rotatable bonds is 6. The lowest BCUT2D eigenvalue weighted by molar-refractivity contribution is -0.129. The molecule has 1 aliphatic heterocycles. The molecule has 3 aromatic rings. The molecule has 0 unspecified atom stereocenters. The number of aromatic amines is 1. The van der Waals surface area contributed by atoms with E-state index in [1.165, 1.54) is 29.0 Å². The Morgan fingerprint density at radius 3 is 2.67 bits per heavy atom. The third kappa shape index (κ3) is 5.47. The summed E-state index contributed by atoms with van der Waals surface area (Å²) in [6.07, 6.45) is 0.874. The molecule has 154 valence electrons. The van der Waals surface area contributed by atoms with Crippen molar-refractivity contribution in [2.75, 3.05) is 12.3 Å². The van der Waals surface area contributed by atoms with Gasteiger partial charge in [0.1, 0.15) is 0 Å². The van der Waals surface area contributed by atoms with Crippen LogP contribution in [0.2, 0.25) is 5.02 Å². The highest BCUT2D eigenvalue weighted by atomic mass is 35.5. The van der Waals surface area contributed by atoms with Crippen LogP contribution in [0.4, 0.5) is 0 Å². The van der Waals surface area contributed by atoms with E-state index < -0.39 is 0 Å². The monoisotopic (exact) mass is 457 g/mol. The first kappa shape index (κ1) is 21.0. The van der Waals surface area contributed by atoms with Crippen molar-refractivity contribution in [3.8, 4) is 0 Å². The number of carbonyl (C=O) groups is 1. The zero-order valence-corrected chi connectivity index (χ0v) is 18.5. The van der Waals surface area contributed by atoms with Crippen LogP contribution >= 0.6 is 35.1 Å². The molecule has 0 fully saturated rings. The summed E-state index contributed by atoms with van der Waals surface area (Å²) in [5.41, 5.74) is 2.99. The molecule has 0 spiro atoms. The number of aromatic nitrogens is 2. The summed E-state index contributed by atoms with van der Waals surface area (Å²) in [6.45, 7) is 1.36. The van der Waals surface area contributed by atoms with Crippen molar-refractivity contribution in [2.45, 2.75) is 28.8 Å². The number of fused-ring (bicyclic) bond motifs is 1. The van der Waals surface area contributed by atoms with Crippen molar-refractivity contribution in [1.82, 2.24) is 14.9 Å². The highest BCUT2D eigenvalue weighted by Gasteiger charge is 2.20. The van der Waals surface area contributed by atoms with Gasteiger partial charge in [-0.3, -0.25) is 9.59 Å². The third-order valence-electron chi connectivity index (χ3n) is 4.79. The number of amides is 1. The summed E-state index contributed by atoms with van der Waals surface area (Å²) in [6, 6.07) is 17.3. The summed E-state index contributed by atoms with van der Waals surface area (Å²) in [5.74, 6) is 0.868. The molecule has 0 saturated carbocycles. The van der Waals surface area contributed by atoms with Gasteiger partial charge >= 0.3 is 0 Å². The number of halogens is 1. The smallest absolute Gasteiger partial charge is 0.251 e. The van der Waals surface area contributed by atoms with Gasteiger partial charge in [0.2, 0.25) is 5.91 Å². The van der Waals surface area contributed by atoms with Gasteiger partial charge in [0.15, 0.2) is 5.16 Å². The number of benzene rings is 2. The molecule has 2 heterocycles. The Morgan fingerprint density at radius 1 is 1.10 bits per heavy atom. The summed E-state index contributed by atoms with van der Waals surface area (Å²) in [5, 5.41) is 1.16.